The van der Waals surface area contributed by atoms with Crippen LogP contribution in [0.2, 0.25) is 0 Å². The average molecular weight is 242 g/mol. The summed E-state index contributed by atoms with van der Waals surface area (Å²) in [7, 11) is 1.87. The first-order valence-electron chi connectivity index (χ1n) is 5.62. The molecule has 0 aromatic carbocycles. The van der Waals surface area contributed by atoms with Crippen molar-refractivity contribution in [3.05, 3.63) is 5.01 Å². The number of rotatable bonds is 3. The van der Waals surface area contributed by atoms with Crippen LogP contribution in [0.3, 0.4) is 0 Å². The lowest BCUT2D eigenvalue weighted by atomic mass is 10.3. The Morgan fingerprint density at radius 1 is 1.56 bits per heavy atom. The van der Waals surface area contributed by atoms with E-state index < -0.39 is 0 Å². The highest BCUT2D eigenvalue weighted by atomic mass is 32.1. The van der Waals surface area contributed by atoms with Gasteiger partial charge in [0.2, 0.25) is 5.13 Å². The second-order valence-corrected chi connectivity index (χ2v) is 5.08. The van der Waals surface area contributed by atoms with E-state index in [1.165, 1.54) is 0 Å². The molecule has 1 fully saturated rings. The summed E-state index contributed by atoms with van der Waals surface area (Å²) in [5.41, 5.74) is 0. The molecule has 1 aromatic heterocycles. The van der Waals surface area contributed by atoms with Crippen LogP contribution in [-0.4, -0.2) is 47.9 Å². The quantitative estimate of drug-likeness (QED) is 0.863. The third kappa shape index (κ3) is 3.13. The molecule has 0 radical (unpaired) electrons. The molecule has 90 valence electrons. The van der Waals surface area contributed by atoms with E-state index in [0.29, 0.717) is 6.10 Å². The summed E-state index contributed by atoms with van der Waals surface area (Å²) in [6.45, 7) is 5.94. The molecule has 1 aliphatic heterocycles. The zero-order valence-corrected chi connectivity index (χ0v) is 10.6. The van der Waals surface area contributed by atoms with Crippen LogP contribution in [0.25, 0.3) is 0 Å². The van der Waals surface area contributed by atoms with E-state index in [1.54, 1.807) is 11.3 Å². The first-order chi connectivity index (χ1) is 7.78. The fraction of sp³-hybridized carbons (Fsp3) is 0.800. The molecule has 2 rings (SSSR count). The van der Waals surface area contributed by atoms with Crippen LogP contribution in [-0.2, 0) is 11.3 Å². The van der Waals surface area contributed by atoms with Gasteiger partial charge >= 0.3 is 0 Å². The van der Waals surface area contributed by atoms with Crippen molar-refractivity contribution in [2.45, 2.75) is 26.0 Å². The number of aromatic nitrogens is 2. The van der Waals surface area contributed by atoms with Gasteiger partial charge in [0.15, 0.2) is 0 Å². The Labute approximate surface area is 99.8 Å². The molecule has 0 saturated carbocycles. The molecule has 1 aromatic rings. The van der Waals surface area contributed by atoms with Gasteiger partial charge in [0.05, 0.1) is 12.6 Å². The molecule has 0 amide bonds. The highest BCUT2D eigenvalue weighted by Gasteiger charge is 2.16. The Kier molecular flexibility index (Phi) is 4.09. The van der Waals surface area contributed by atoms with Crippen LogP contribution in [0.15, 0.2) is 0 Å². The third-order valence-corrected chi connectivity index (χ3v) is 3.50. The van der Waals surface area contributed by atoms with Gasteiger partial charge in [-0.25, -0.2) is 0 Å². The van der Waals surface area contributed by atoms with Gasteiger partial charge in [-0.15, -0.1) is 10.2 Å². The second-order valence-electron chi connectivity index (χ2n) is 4.02. The largest absolute Gasteiger partial charge is 0.377 e. The molecule has 1 aliphatic rings. The monoisotopic (exact) mass is 242 g/mol. The molecule has 5 nitrogen and oxygen atoms in total. The molecule has 2 heterocycles. The SMILES string of the molecule is CNc1nnc(CN2CCCOC(C)C2)s1. The van der Waals surface area contributed by atoms with Crippen molar-refractivity contribution in [1.82, 2.24) is 15.1 Å². The fourth-order valence-corrected chi connectivity index (χ4v) is 2.57. The highest BCUT2D eigenvalue weighted by Crippen LogP contribution is 2.17. The third-order valence-electron chi connectivity index (χ3n) is 2.58. The normalized spacial score (nSPS) is 23.0. The van der Waals surface area contributed by atoms with E-state index in [9.17, 15) is 0 Å². The number of nitrogens with one attached hydrogen (secondary N) is 1. The first kappa shape index (κ1) is 11.8. The van der Waals surface area contributed by atoms with Gasteiger partial charge in [-0.3, -0.25) is 4.90 Å². The highest BCUT2D eigenvalue weighted by molar-refractivity contribution is 7.15. The minimum atomic E-state index is 0.319. The van der Waals surface area contributed by atoms with Gasteiger partial charge in [-0.1, -0.05) is 11.3 Å². The van der Waals surface area contributed by atoms with Gasteiger partial charge in [-0.2, -0.15) is 0 Å². The van der Waals surface area contributed by atoms with Crippen LogP contribution in [0, 0.1) is 0 Å². The van der Waals surface area contributed by atoms with Crippen molar-refractivity contribution in [2.24, 2.45) is 0 Å². The average Bonchev–Trinajstić information content (AvgIpc) is 2.62. The van der Waals surface area contributed by atoms with Gasteiger partial charge < -0.3 is 10.1 Å². The number of ether oxygens (including phenoxy) is 1. The van der Waals surface area contributed by atoms with Gasteiger partial charge in [0.1, 0.15) is 5.01 Å². The molecule has 1 saturated heterocycles. The number of anilines is 1. The van der Waals surface area contributed by atoms with Crippen molar-refractivity contribution >= 4 is 16.5 Å². The molecule has 0 bridgehead atoms. The minimum Gasteiger partial charge on any atom is -0.377 e. The van der Waals surface area contributed by atoms with Crippen molar-refractivity contribution < 1.29 is 4.74 Å². The summed E-state index contributed by atoms with van der Waals surface area (Å²) in [6.07, 6.45) is 1.42. The minimum absolute atomic E-state index is 0.319. The van der Waals surface area contributed by atoms with E-state index in [-0.39, 0.29) is 0 Å². The van der Waals surface area contributed by atoms with Crippen molar-refractivity contribution in [1.29, 1.82) is 0 Å². The van der Waals surface area contributed by atoms with Crippen molar-refractivity contribution in [3.8, 4) is 0 Å². The molecule has 0 spiro atoms. The fourth-order valence-electron chi connectivity index (χ4n) is 1.83. The summed E-state index contributed by atoms with van der Waals surface area (Å²) in [6, 6.07) is 0. The lowest BCUT2D eigenvalue weighted by Gasteiger charge is -2.19. The molecule has 16 heavy (non-hydrogen) atoms. The second kappa shape index (κ2) is 5.56. The zero-order valence-electron chi connectivity index (χ0n) is 9.77. The molecule has 6 heteroatoms. The van der Waals surface area contributed by atoms with Crippen LogP contribution < -0.4 is 5.32 Å². The Hall–Kier alpha value is -0.720. The lowest BCUT2D eigenvalue weighted by Crippen LogP contribution is -2.29. The maximum Gasteiger partial charge on any atom is 0.205 e. The Morgan fingerprint density at radius 2 is 2.44 bits per heavy atom. The summed E-state index contributed by atoms with van der Waals surface area (Å²) in [4.78, 5) is 2.39. The zero-order chi connectivity index (χ0) is 11.4. The van der Waals surface area contributed by atoms with Crippen molar-refractivity contribution in [2.75, 3.05) is 32.1 Å². The maximum atomic E-state index is 5.61. The first-order valence-corrected chi connectivity index (χ1v) is 6.43. The molecule has 1 unspecified atom stereocenters. The van der Waals surface area contributed by atoms with E-state index in [4.69, 9.17) is 4.74 Å². The lowest BCUT2D eigenvalue weighted by molar-refractivity contribution is 0.0667. The predicted octanol–water partition coefficient (Wildman–Crippen LogP) is 1.19. The number of hydrogen-bond donors (Lipinski definition) is 1. The number of hydrogen-bond acceptors (Lipinski definition) is 6. The Balaban J connectivity index is 1.92. The van der Waals surface area contributed by atoms with Crippen LogP contribution >= 0.6 is 11.3 Å². The van der Waals surface area contributed by atoms with Gasteiger partial charge in [0, 0.05) is 26.7 Å². The molecule has 1 atom stereocenters. The summed E-state index contributed by atoms with van der Waals surface area (Å²) in [5, 5.41) is 13.2. The Morgan fingerprint density at radius 3 is 3.19 bits per heavy atom. The molecule has 1 N–H and O–H groups in total. The summed E-state index contributed by atoms with van der Waals surface area (Å²) < 4.78 is 5.61. The van der Waals surface area contributed by atoms with Crippen molar-refractivity contribution in [3.63, 3.8) is 0 Å². The van der Waals surface area contributed by atoms with E-state index in [0.717, 1.165) is 42.8 Å². The standard InChI is InChI=1S/C10H18N4OS/c1-8-6-14(4-3-5-15-8)7-9-12-13-10(11-2)16-9/h8H,3-7H2,1-2H3,(H,11,13). The van der Waals surface area contributed by atoms with Gasteiger partial charge in [-0.05, 0) is 13.3 Å². The van der Waals surface area contributed by atoms with E-state index in [2.05, 4.69) is 27.3 Å². The smallest absolute Gasteiger partial charge is 0.205 e. The molecular weight excluding hydrogens is 224 g/mol. The summed E-state index contributed by atoms with van der Waals surface area (Å²) in [5.74, 6) is 0. The molecule has 0 aliphatic carbocycles. The van der Waals surface area contributed by atoms with E-state index >= 15 is 0 Å². The number of nitrogens with zero attached hydrogens (tertiary/aromatic N) is 3. The van der Waals surface area contributed by atoms with Crippen LogP contribution in [0.5, 0.6) is 0 Å². The topological polar surface area (TPSA) is 50.3 Å². The van der Waals surface area contributed by atoms with Crippen LogP contribution in [0.4, 0.5) is 5.13 Å². The predicted molar refractivity (Wildman–Crippen MR) is 64.8 cm³/mol. The summed E-state index contributed by atoms with van der Waals surface area (Å²) >= 11 is 1.62. The van der Waals surface area contributed by atoms with Crippen LogP contribution in [0.1, 0.15) is 18.4 Å². The molecular formula is C10H18N4OS. The maximum absolute atomic E-state index is 5.61. The van der Waals surface area contributed by atoms with Gasteiger partial charge in [0.25, 0.3) is 0 Å². The van der Waals surface area contributed by atoms with E-state index in [1.807, 2.05) is 7.05 Å². The Bertz CT molecular complexity index is 330.